The second-order valence-electron chi connectivity index (χ2n) is 3.06. The molecule has 0 radical (unpaired) electrons. The van der Waals surface area contributed by atoms with Gasteiger partial charge < -0.3 is 0 Å². The molecule has 0 aromatic carbocycles. The van der Waals surface area contributed by atoms with E-state index in [1.807, 2.05) is 0 Å². The van der Waals surface area contributed by atoms with Gasteiger partial charge in [-0.1, -0.05) is 38.5 Å². The highest BCUT2D eigenvalue weighted by atomic mass is 16.1. The number of nitrogens with zero attached hydrogens (tertiary/aromatic N) is 1. The maximum absolute atomic E-state index is 9.60. The highest BCUT2D eigenvalue weighted by Gasteiger charge is 1.95. The van der Waals surface area contributed by atoms with E-state index in [1.54, 1.807) is 14.1 Å². The highest BCUT2D eigenvalue weighted by molar-refractivity contribution is 5.45. The van der Waals surface area contributed by atoms with Crippen LogP contribution in [0.5, 0.6) is 0 Å². The smallest absolute Gasteiger partial charge is 0.223 e. The third kappa shape index (κ3) is 7.54. The molecular formula is C9H20N2O. The van der Waals surface area contributed by atoms with E-state index in [0.29, 0.717) is 6.41 Å². The molecule has 0 bridgehead atoms. The van der Waals surface area contributed by atoms with Crippen LogP contribution in [0.4, 0.5) is 0 Å². The van der Waals surface area contributed by atoms with Gasteiger partial charge in [0, 0.05) is 14.1 Å². The van der Waals surface area contributed by atoms with Crippen molar-refractivity contribution in [1.82, 2.24) is 10.4 Å². The van der Waals surface area contributed by atoms with Crippen LogP contribution in [-0.2, 0) is 4.79 Å². The monoisotopic (exact) mass is 172 g/mol. The number of amides is 1. The van der Waals surface area contributed by atoms with E-state index in [9.17, 15) is 4.79 Å². The summed E-state index contributed by atoms with van der Waals surface area (Å²) in [4.78, 5) is 9.60. The largest absolute Gasteiger partial charge is 0.284 e. The minimum atomic E-state index is 0.694. The number of hydrogen-bond acceptors (Lipinski definition) is 2. The normalized spacial score (nSPS) is 15.8. The van der Waals surface area contributed by atoms with Crippen LogP contribution < -0.4 is 5.43 Å². The molecule has 0 unspecified atom stereocenters. The molecule has 0 saturated heterocycles. The number of carbonyl (C=O) groups is 1. The topological polar surface area (TPSA) is 32.3 Å². The molecule has 0 spiro atoms. The van der Waals surface area contributed by atoms with Crippen molar-refractivity contribution >= 4 is 6.41 Å². The number of rotatable bonds is 2. The van der Waals surface area contributed by atoms with E-state index in [1.165, 1.54) is 43.5 Å². The van der Waals surface area contributed by atoms with Crippen LogP contribution in [0.15, 0.2) is 0 Å². The van der Waals surface area contributed by atoms with Gasteiger partial charge in [-0.25, -0.2) is 5.43 Å². The summed E-state index contributed by atoms with van der Waals surface area (Å²) >= 11 is 0. The fraction of sp³-hybridized carbons (Fsp3) is 0.889. The molecule has 1 aliphatic rings. The maximum atomic E-state index is 9.60. The molecule has 0 aromatic heterocycles. The average molecular weight is 172 g/mol. The van der Waals surface area contributed by atoms with Gasteiger partial charge in [-0.05, 0) is 0 Å². The summed E-state index contributed by atoms with van der Waals surface area (Å²) < 4.78 is 0. The molecule has 0 aliphatic heterocycles. The van der Waals surface area contributed by atoms with E-state index >= 15 is 0 Å². The Kier molecular flexibility index (Phi) is 8.12. The fourth-order valence-electron chi connectivity index (χ4n) is 1.11. The van der Waals surface area contributed by atoms with Gasteiger partial charge in [-0.15, -0.1) is 0 Å². The van der Waals surface area contributed by atoms with Crippen molar-refractivity contribution in [3.8, 4) is 0 Å². The summed E-state index contributed by atoms with van der Waals surface area (Å²) in [7, 11) is 3.31. The van der Waals surface area contributed by atoms with Crippen molar-refractivity contribution < 1.29 is 4.79 Å². The Morgan fingerprint density at radius 3 is 1.50 bits per heavy atom. The zero-order chi connectivity index (χ0) is 9.23. The van der Waals surface area contributed by atoms with E-state index in [2.05, 4.69) is 5.43 Å². The maximum Gasteiger partial charge on any atom is 0.223 e. The molecular weight excluding hydrogens is 152 g/mol. The van der Waals surface area contributed by atoms with Crippen LogP contribution in [-0.4, -0.2) is 25.5 Å². The van der Waals surface area contributed by atoms with Gasteiger partial charge in [0.15, 0.2) is 0 Å². The van der Waals surface area contributed by atoms with E-state index in [-0.39, 0.29) is 0 Å². The second kappa shape index (κ2) is 8.53. The molecule has 1 N–H and O–H groups in total. The molecule has 1 fully saturated rings. The number of carbonyl (C=O) groups excluding carboxylic acids is 1. The molecule has 1 rings (SSSR count). The minimum Gasteiger partial charge on any atom is -0.284 e. The number of hydrazine groups is 1. The summed E-state index contributed by atoms with van der Waals surface area (Å²) in [6, 6.07) is 0. The van der Waals surface area contributed by atoms with E-state index in [0.717, 1.165) is 0 Å². The van der Waals surface area contributed by atoms with Crippen LogP contribution in [0.2, 0.25) is 0 Å². The van der Waals surface area contributed by atoms with Crippen LogP contribution >= 0.6 is 0 Å². The highest BCUT2D eigenvalue weighted by Crippen LogP contribution is 2.15. The lowest BCUT2D eigenvalue weighted by Crippen LogP contribution is -2.28. The Morgan fingerprint density at radius 1 is 1.08 bits per heavy atom. The predicted molar refractivity (Wildman–Crippen MR) is 50.6 cm³/mol. The van der Waals surface area contributed by atoms with Gasteiger partial charge in [0.1, 0.15) is 0 Å². The molecule has 0 aromatic rings. The van der Waals surface area contributed by atoms with Crippen molar-refractivity contribution in [2.24, 2.45) is 0 Å². The molecule has 3 heteroatoms. The molecule has 3 nitrogen and oxygen atoms in total. The van der Waals surface area contributed by atoms with Crippen molar-refractivity contribution in [2.75, 3.05) is 14.1 Å². The lowest BCUT2D eigenvalue weighted by Gasteiger charge is -2.05. The Morgan fingerprint density at radius 2 is 1.42 bits per heavy atom. The van der Waals surface area contributed by atoms with Gasteiger partial charge in [-0.3, -0.25) is 9.80 Å². The Bertz CT molecular complexity index is 91.2. The third-order valence-corrected chi connectivity index (χ3v) is 2.01. The quantitative estimate of drug-likeness (QED) is 0.506. The first-order chi connectivity index (χ1) is 5.81. The standard InChI is InChI=1S/C6H12.C3H8N2O/c1-2-4-6-5-3-1;1-4-5(2)3-6/h1-6H2;3-4H,1-2H3. The van der Waals surface area contributed by atoms with Crippen molar-refractivity contribution in [3.63, 3.8) is 0 Å². The van der Waals surface area contributed by atoms with Crippen LogP contribution in [0.25, 0.3) is 0 Å². The van der Waals surface area contributed by atoms with Crippen LogP contribution in [0.1, 0.15) is 38.5 Å². The van der Waals surface area contributed by atoms with Crippen molar-refractivity contribution in [2.45, 2.75) is 38.5 Å². The Labute approximate surface area is 75.1 Å². The number of nitrogens with one attached hydrogen (secondary N) is 1. The summed E-state index contributed by atoms with van der Waals surface area (Å²) in [5.74, 6) is 0. The second-order valence-corrected chi connectivity index (χ2v) is 3.06. The Hall–Kier alpha value is -0.570. The van der Waals surface area contributed by atoms with Crippen molar-refractivity contribution in [1.29, 1.82) is 0 Å². The van der Waals surface area contributed by atoms with Gasteiger partial charge in [0.25, 0.3) is 0 Å². The summed E-state index contributed by atoms with van der Waals surface area (Å²) in [6.07, 6.45) is 9.69. The molecule has 1 aliphatic carbocycles. The molecule has 0 atom stereocenters. The molecule has 72 valence electrons. The SMILES string of the molecule is C1CCCCC1.CNN(C)C=O. The van der Waals surface area contributed by atoms with E-state index in [4.69, 9.17) is 0 Å². The fourth-order valence-corrected chi connectivity index (χ4v) is 1.11. The van der Waals surface area contributed by atoms with Gasteiger partial charge in [0.2, 0.25) is 6.41 Å². The zero-order valence-corrected chi connectivity index (χ0v) is 8.18. The van der Waals surface area contributed by atoms with Crippen LogP contribution in [0.3, 0.4) is 0 Å². The predicted octanol–water partition coefficient (Wildman–Crippen LogP) is 1.55. The van der Waals surface area contributed by atoms with Gasteiger partial charge >= 0.3 is 0 Å². The molecule has 1 amide bonds. The molecule has 1 saturated carbocycles. The minimum absolute atomic E-state index is 0.694. The average Bonchev–Trinajstić information content (AvgIpc) is 2.20. The third-order valence-electron chi connectivity index (χ3n) is 2.01. The molecule has 12 heavy (non-hydrogen) atoms. The van der Waals surface area contributed by atoms with Crippen LogP contribution in [0, 0.1) is 0 Å². The van der Waals surface area contributed by atoms with Crippen molar-refractivity contribution in [3.05, 3.63) is 0 Å². The first-order valence-corrected chi connectivity index (χ1v) is 4.66. The van der Waals surface area contributed by atoms with E-state index < -0.39 is 0 Å². The summed E-state index contributed by atoms with van der Waals surface area (Å²) in [5.41, 5.74) is 2.58. The molecule has 0 heterocycles. The summed E-state index contributed by atoms with van der Waals surface area (Å²) in [5, 5.41) is 1.32. The zero-order valence-electron chi connectivity index (χ0n) is 8.18. The number of hydrogen-bond donors (Lipinski definition) is 1. The lowest BCUT2D eigenvalue weighted by molar-refractivity contribution is -0.119. The van der Waals surface area contributed by atoms with Gasteiger partial charge in [-0.2, -0.15) is 0 Å². The Balaban J connectivity index is 0.000000202. The first-order valence-electron chi connectivity index (χ1n) is 4.66. The lowest BCUT2D eigenvalue weighted by atomic mass is 10.0. The van der Waals surface area contributed by atoms with Gasteiger partial charge in [0.05, 0.1) is 0 Å². The first kappa shape index (κ1) is 11.4. The summed E-state index contributed by atoms with van der Waals surface area (Å²) in [6.45, 7) is 0.